The van der Waals surface area contributed by atoms with E-state index in [9.17, 15) is 5.11 Å². The molecule has 1 aliphatic rings. The maximum absolute atomic E-state index is 10.7. The van der Waals surface area contributed by atoms with Crippen LogP contribution in [0.5, 0.6) is 0 Å². The number of hydrogen-bond donors (Lipinski definition) is 4. The molecule has 6 nitrogen and oxygen atoms in total. The van der Waals surface area contributed by atoms with Crippen molar-refractivity contribution in [3.05, 3.63) is 40.5 Å². The standard InChI is InChI=1S/C14H16ClN5O/c15-11-10(16)12(20-13(17)19-11)18-7-14(21)5-8-3-1-2-4-9(8)6-14/h1-4,21H,5-7,16H2,(H3,17,18,19,20). The van der Waals surface area contributed by atoms with Crippen molar-refractivity contribution in [1.82, 2.24) is 9.97 Å². The normalized spacial score (nSPS) is 15.7. The van der Waals surface area contributed by atoms with Crippen LogP contribution in [0, 0.1) is 0 Å². The van der Waals surface area contributed by atoms with Gasteiger partial charge < -0.3 is 21.9 Å². The summed E-state index contributed by atoms with van der Waals surface area (Å²) >= 11 is 5.86. The molecule has 110 valence electrons. The molecule has 0 saturated heterocycles. The molecule has 0 unspecified atom stereocenters. The molecule has 0 atom stereocenters. The molecule has 1 aromatic carbocycles. The number of anilines is 3. The highest BCUT2D eigenvalue weighted by Gasteiger charge is 2.35. The van der Waals surface area contributed by atoms with Crippen molar-refractivity contribution < 1.29 is 5.11 Å². The van der Waals surface area contributed by atoms with Gasteiger partial charge in [0.1, 0.15) is 5.69 Å². The quantitative estimate of drug-likeness (QED) is 0.635. The molecular weight excluding hydrogens is 290 g/mol. The third kappa shape index (κ3) is 2.72. The minimum absolute atomic E-state index is 0.0402. The summed E-state index contributed by atoms with van der Waals surface area (Å²) in [5.41, 5.74) is 13.0. The molecule has 21 heavy (non-hydrogen) atoms. The molecule has 6 N–H and O–H groups in total. The summed E-state index contributed by atoms with van der Waals surface area (Å²) < 4.78 is 0. The highest BCUT2D eigenvalue weighted by Crippen LogP contribution is 2.31. The van der Waals surface area contributed by atoms with E-state index in [4.69, 9.17) is 23.1 Å². The van der Waals surface area contributed by atoms with E-state index in [1.54, 1.807) is 0 Å². The molecule has 0 radical (unpaired) electrons. The van der Waals surface area contributed by atoms with Gasteiger partial charge >= 0.3 is 0 Å². The van der Waals surface area contributed by atoms with Crippen LogP contribution in [-0.4, -0.2) is 27.2 Å². The van der Waals surface area contributed by atoms with Gasteiger partial charge in [-0.25, -0.2) is 0 Å². The predicted octanol–water partition coefficient (Wildman–Crippen LogP) is 1.24. The molecule has 1 heterocycles. The first kappa shape index (κ1) is 13.9. The van der Waals surface area contributed by atoms with E-state index in [0.29, 0.717) is 25.2 Å². The van der Waals surface area contributed by atoms with Gasteiger partial charge in [0.25, 0.3) is 0 Å². The lowest BCUT2D eigenvalue weighted by molar-refractivity contribution is 0.0651. The van der Waals surface area contributed by atoms with Gasteiger partial charge in [-0.05, 0) is 11.1 Å². The Morgan fingerprint density at radius 1 is 1.19 bits per heavy atom. The summed E-state index contributed by atoms with van der Waals surface area (Å²) in [5.74, 6) is 0.385. The van der Waals surface area contributed by atoms with Crippen LogP contribution in [0.3, 0.4) is 0 Å². The predicted molar refractivity (Wildman–Crippen MR) is 83.2 cm³/mol. The average Bonchev–Trinajstić information content (AvgIpc) is 2.78. The Morgan fingerprint density at radius 2 is 1.81 bits per heavy atom. The molecule has 0 spiro atoms. The molecule has 0 aliphatic heterocycles. The Balaban J connectivity index is 1.75. The topological polar surface area (TPSA) is 110 Å². The molecule has 1 aliphatic carbocycles. The number of fused-ring (bicyclic) bond motifs is 1. The molecule has 1 aromatic heterocycles. The third-order valence-electron chi connectivity index (χ3n) is 3.66. The van der Waals surface area contributed by atoms with Gasteiger partial charge in [0.2, 0.25) is 5.95 Å². The number of nitrogens with zero attached hydrogens (tertiary/aromatic N) is 2. The highest BCUT2D eigenvalue weighted by molar-refractivity contribution is 6.32. The minimum atomic E-state index is -0.873. The minimum Gasteiger partial charge on any atom is -0.393 e. The number of nitrogens with one attached hydrogen (secondary N) is 1. The van der Waals surface area contributed by atoms with Crippen LogP contribution >= 0.6 is 11.6 Å². The van der Waals surface area contributed by atoms with Crippen molar-refractivity contribution >= 4 is 29.1 Å². The Labute approximate surface area is 127 Å². The maximum Gasteiger partial charge on any atom is 0.223 e. The van der Waals surface area contributed by atoms with E-state index in [1.807, 2.05) is 24.3 Å². The van der Waals surface area contributed by atoms with Crippen LogP contribution in [0.25, 0.3) is 0 Å². The lowest BCUT2D eigenvalue weighted by atomic mass is 10.0. The number of halogens is 1. The van der Waals surface area contributed by atoms with Gasteiger partial charge in [-0.15, -0.1) is 0 Å². The van der Waals surface area contributed by atoms with Crippen molar-refractivity contribution in [3.63, 3.8) is 0 Å². The molecule has 2 aromatic rings. The van der Waals surface area contributed by atoms with Crippen LogP contribution in [0.1, 0.15) is 11.1 Å². The number of aromatic nitrogens is 2. The van der Waals surface area contributed by atoms with Crippen LogP contribution in [0.15, 0.2) is 24.3 Å². The summed E-state index contributed by atoms with van der Waals surface area (Å²) in [4.78, 5) is 7.78. The third-order valence-corrected chi connectivity index (χ3v) is 3.95. The highest BCUT2D eigenvalue weighted by atomic mass is 35.5. The molecule has 0 saturated carbocycles. The van der Waals surface area contributed by atoms with E-state index >= 15 is 0 Å². The van der Waals surface area contributed by atoms with Crippen LogP contribution in [0.4, 0.5) is 17.5 Å². The SMILES string of the molecule is Nc1nc(Cl)c(N)c(NCC2(O)Cc3ccccc3C2)n1. The number of nitrogens with two attached hydrogens (primary N) is 2. The van der Waals surface area contributed by atoms with E-state index in [0.717, 1.165) is 11.1 Å². The number of aliphatic hydroxyl groups is 1. The van der Waals surface area contributed by atoms with Crippen molar-refractivity contribution in [1.29, 1.82) is 0 Å². The Morgan fingerprint density at radius 3 is 2.43 bits per heavy atom. The monoisotopic (exact) mass is 305 g/mol. The summed E-state index contributed by atoms with van der Waals surface area (Å²) in [6, 6.07) is 8.00. The zero-order chi connectivity index (χ0) is 15.0. The van der Waals surface area contributed by atoms with E-state index < -0.39 is 5.60 Å². The largest absolute Gasteiger partial charge is 0.393 e. The van der Waals surface area contributed by atoms with Crippen LogP contribution in [-0.2, 0) is 12.8 Å². The van der Waals surface area contributed by atoms with Crippen molar-refractivity contribution in [2.24, 2.45) is 0 Å². The van der Waals surface area contributed by atoms with Gasteiger partial charge in [0.15, 0.2) is 11.0 Å². The lowest BCUT2D eigenvalue weighted by Crippen LogP contribution is -2.38. The number of benzene rings is 1. The van der Waals surface area contributed by atoms with Crippen molar-refractivity contribution in [2.75, 3.05) is 23.3 Å². The first-order valence-corrected chi connectivity index (χ1v) is 6.96. The molecule has 3 rings (SSSR count). The maximum atomic E-state index is 10.7. The van der Waals surface area contributed by atoms with E-state index in [-0.39, 0.29) is 16.8 Å². The Bertz CT molecular complexity index is 666. The van der Waals surface area contributed by atoms with Gasteiger partial charge in [-0.3, -0.25) is 0 Å². The zero-order valence-electron chi connectivity index (χ0n) is 11.3. The second kappa shape index (κ2) is 5.05. The molecule has 0 bridgehead atoms. The van der Waals surface area contributed by atoms with E-state index in [2.05, 4.69) is 15.3 Å². The fourth-order valence-electron chi connectivity index (χ4n) is 2.64. The molecule has 0 amide bonds. The molecular formula is C14H16ClN5O. The van der Waals surface area contributed by atoms with Gasteiger partial charge in [-0.2, -0.15) is 9.97 Å². The Kier molecular flexibility index (Phi) is 3.35. The fraction of sp³-hybridized carbons (Fsp3) is 0.286. The zero-order valence-corrected chi connectivity index (χ0v) is 12.1. The second-order valence-electron chi connectivity index (χ2n) is 5.34. The molecule has 0 fully saturated rings. The fourth-order valence-corrected chi connectivity index (χ4v) is 2.82. The van der Waals surface area contributed by atoms with Crippen LogP contribution < -0.4 is 16.8 Å². The molecule has 7 heteroatoms. The van der Waals surface area contributed by atoms with Gasteiger partial charge in [-0.1, -0.05) is 35.9 Å². The number of rotatable bonds is 3. The first-order valence-electron chi connectivity index (χ1n) is 6.58. The van der Waals surface area contributed by atoms with Gasteiger partial charge in [0.05, 0.1) is 5.60 Å². The first-order chi connectivity index (χ1) is 9.97. The van der Waals surface area contributed by atoms with Gasteiger partial charge in [0, 0.05) is 19.4 Å². The average molecular weight is 306 g/mol. The van der Waals surface area contributed by atoms with Crippen LogP contribution in [0.2, 0.25) is 5.15 Å². The van der Waals surface area contributed by atoms with Crippen molar-refractivity contribution in [3.8, 4) is 0 Å². The second-order valence-corrected chi connectivity index (χ2v) is 5.69. The summed E-state index contributed by atoms with van der Waals surface area (Å²) in [6.07, 6.45) is 1.18. The number of hydrogen-bond acceptors (Lipinski definition) is 6. The lowest BCUT2D eigenvalue weighted by Gasteiger charge is -2.23. The smallest absolute Gasteiger partial charge is 0.223 e. The summed E-state index contributed by atoms with van der Waals surface area (Å²) in [6.45, 7) is 0.304. The van der Waals surface area contributed by atoms with Crippen molar-refractivity contribution in [2.45, 2.75) is 18.4 Å². The Hall–Kier alpha value is -2.05. The number of nitrogen functional groups attached to an aromatic ring is 2. The summed E-state index contributed by atoms with van der Waals surface area (Å²) in [7, 11) is 0. The van der Waals surface area contributed by atoms with E-state index in [1.165, 1.54) is 0 Å². The summed E-state index contributed by atoms with van der Waals surface area (Å²) in [5, 5.41) is 13.8.